The standard InChI is InChI=1S/C15H33NS/c1-5-6-7-8-9-10-11-12-14(16)13-17-15(2,3)4/h14H,5-13,16H2,1-4H3. The van der Waals surface area contributed by atoms with Gasteiger partial charge in [-0.05, 0) is 6.42 Å². The van der Waals surface area contributed by atoms with Crippen LogP contribution >= 0.6 is 11.8 Å². The van der Waals surface area contributed by atoms with E-state index in [0.29, 0.717) is 10.8 Å². The first kappa shape index (κ1) is 17.3. The topological polar surface area (TPSA) is 26.0 Å². The van der Waals surface area contributed by atoms with Crippen LogP contribution in [-0.2, 0) is 0 Å². The van der Waals surface area contributed by atoms with Crippen molar-refractivity contribution in [3.05, 3.63) is 0 Å². The van der Waals surface area contributed by atoms with Crippen molar-refractivity contribution in [2.45, 2.75) is 89.9 Å². The molecule has 1 unspecified atom stereocenters. The van der Waals surface area contributed by atoms with E-state index in [-0.39, 0.29) is 0 Å². The first-order chi connectivity index (χ1) is 7.95. The molecule has 0 rings (SSSR count). The number of rotatable bonds is 10. The molecule has 0 saturated heterocycles. The lowest BCUT2D eigenvalue weighted by atomic mass is 10.1. The van der Waals surface area contributed by atoms with Gasteiger partial charge in [0.05, 0.1) is 0 Å². The molecule has 1 atom stereocenters. The highest BCUT2D eigenvalue weighted by atomic mass is 32.2. The smallest absolute Gasteiger partial charge is 0.0130 e. The number of hydrogen-bond acceptors (Lipinski definition) is 2. The Balaban J connectivity index is 3.25. The van der Waals surface area contributed by atoms with E-state index in [1.54, 1.807) is 0 Å². The molecule has 0 spiro atoms. The summed E-state index contributed by atoms with van der Waals surface area (Å²) in [6.07, 6.45) is 10.9. The first-order valence-electron chi connectivity index (χ1n) is 7.35. The number of thioether (sulfide) groups is 1. The van der Waals surface area contributed by atoms with E-state index >= 15 is 0 Å². The molecular formula is C15H33NS. The van der Waals surface area contributed by atoms with Crippen LogP contribution in [0.4, 0.5) is 0 Å². The van der Waals surface area contributed by atoms with Crippen molar-refractivity contribution in [1.82, 2.24) is 0 Å². The minimum atomic E-state index is 0.359. The molecule has 0 aliphatic carbocycles. The van der Waals surface area contributed by atoms with Gasteiger partial charge in [0, 0.05) is 16.5 Å². The highest BCUT2D eigenvalue weighted by Crippen LogP contribution is 2.24. The van der Waals surface area contributed by atoms with Gasteiger partial charge in [0.1, 0.15) is 0 Å². The molecule has 2 heteroatoms. The Bertz CT molecular complexity index is 163. The van der Waals surface area contributed by atoms with Gasteiger partial charge in [0.15, 0.2) is 0 Å². The summed E-state index contributed by atoms with van der Waals surface area (Å²) in [5.41, 5.74) is 6.12. The second-order valence-corrected chi connectivity index (χ2v) is 7.94. The Morgan fingerprint density at radius 3 is 2.00 bits per heavy atom. The van der Waals surface area contributed by atoms with Crippen molar-refractivity contribution < 1.29 is 0 Å². The van der Waals surface area contributed by atoms with E-state index in [1.165, 1.54) is 51.4 Å². The van der Waals surface area contributed by atoms with Crippen LogP contribution in [0.1, 0.15) is 79.1 Å². The molecule has 1 nitrogen and oxygen atoms in total. The monoisotopic (exact) mass is 259 g/mol. The molecule has 0 radical (unpaired) electrons. The summed E-state index contributed by atoms with van der Waals surface area (Å²) >= 11 is 1.99. The lowest BCUT2D eigenvalue weighted by molar-refractivity contribution is 0.549. The number of hydrogen-bond donors (Lipinski definition) is 1. The third-order valence-electron chi connectivity index (χ3n) is 2.91. The molecule has 0 aliphatic rings. The molecule has 0 aromatic carbocycles. The maximum absolute atomic E-state index is 6.12. The molecule has 0 bridgehead atoms. The van der Waals surface area contributed by atoms with Crippen LogP contribution in [0.2, 0.25) is 0 Å². The van der Waals surface area contributed by atoms with E-state index in [2.05, 4.69) is 27.7 Å². The van der Waals surface area contributed by atoms with Crippen LogP contribution in [0.15, 0.2) is 0 Å². The third kappa shape index (κ3) is 14.2. The van der Waals surface area contributed by atoms with Crippen molar-refractivity contribution >= 4 is 11.8 Å². The highest BCUT2D eigenvalue weighted by molar-refractivity contribution is 8.00. The van der Waals surface area contributed by atoms with Crippen LogP contribution in [0, 0.1) is 0 Å². The van der Waals surface area contributed by atoms with Crippen LogP contribution in [0.25, 0.3) is 0 Å². The van der Waals surface area contributed by atoms with Gasteiger partial charge in [-0.2, -0.15) is 11.8 Å². The van der Waals surface area contributed by atoms with E-state index in [4.69, 9.17) is 5.73 Å². The lowest BCUT2D eigenvalue weighted by Gasteiger charge is -2.20. The van der Waals surface area contributed by atoms with Gasteiger partial charge in [0.2, 0.25) is 0 Å². The molecule has 0 saturated carbocycles. The zero-order valence-electron chi connectivity index (χ0n) is 12.4. The zero-order chi connectivity index (χ0) is 13.1. The van der Waals surface area contributed by atoms with Gasteiger partial charge >= 0.3 is 0 Å². The molecule has 0 aromatic heterocycles. The van der Waals surface area contributed by atoms with Crippen LogP contribution < -0.4 is 5.73 Å². The molecule has 0 fully saturated rings. The first-order valence-corrected chi connectivity index (χ1v) is 8.34. The lowest BCUT2D eigenvalue weighted by Crippen LogP contribution is -2.25. The quantitative estimate of drug-likeness (QED) is 0.560. The fourth-order valence-electron chi connectivity index (χ4n) is 1.80. The summed E-state index contributed by atoms with van der Waals surface area (Å²) in [6, 6.07) is 0.398. The molecule has 2 N–H and O–H groups in total. The fraction of sp³-hybridized carbons (Fsp3) is 1.00. The Hall–Kier alpha value is 0.310. The van der Waals surface area contributed by atoms with Crippen molar-refractivity contribution in [2.75, 3.05) is 5.75 Å². The SMILES string of the molecule is CCCCCCCCCC(N)CSC(C)(C)C. The van der Waals surface area contributed by atoms with Gasteiger partial charge in [-0.3, -0.25) is 0 Å². The van der Waals surface area contributed by atoms with E-state index in [9.17, 15) is 0 Å². The summed E-state index contributed by atoms with van der Waals surface area (Å²) in [5, 5.41) is 0. The fourth-order valence-corrected chi connectivity index (χ4v) is 2.68. The van der Waals surface area contributed by atoms with Crippen LogP contribution in [0.3, 0.4) is 0 Å². The molecule has 17 heavy (non-hydrogen) atoms. The molecular weight excluding hydrogens is 226 g/mol. The van der Waals surface area contributed by atoms with Crippen molar-refractivity contribution in [3.8, 4) is 0 Å². The van der Waals surface area contributed by atoms with Crippen LogP contribution in [0.5, 0.6) is 0 Å². The van der Waals surface area contributed by atoms with Crippen LogP contribution in [-0.4, -0.2) is 16.5 Å². The predicted molar refractivity (Wildman–Crippen MR) is 82.8 cm³/mol. The zero-order valence-corrected chi connectivity index (χ0v) is 13.2. The Labute approximate surface area is 113 Å². The maximum Gasteiger partial charge on any atom is 0.0130 e. The highest BCUT2D eigenvalue weighted by Gasteiger charge is 2.12. The third-order valence-corrected chi connectivity index (χ3v) is 4.37. The summed E-state index contributed by atoms with van der Waals surface area (Å²) < 4.78 is 0.359. The Morgan fingerprint density at radius 1 is 0.941 bits per heavy atom. The van der Waals surface area contributed by atoms with Gasteiger partial charge in [-0.1, -0.05) is 72.6 Å². The second kappa shape index (κ2) is 10.3. The average molecular weight is 260 g/mol. The summed E-state index contributed by atoms with van der Waals surface area (Å²) in [6.45, 7) is 9.06. The molecule has 0 heterocycles. The molecule has 0 aliphatic heterocycles. The van der Waals surface area contributed by atoms with Crippen molar-refractivity contribution in [3.63, 3.8) is 0 Å². The molecule has 104 valence electrons. The normalized spacial score (nSPS) is 13.9. The van der Waals surface area contributed by atoms with Gasteiger partial charge in [-0.15, -0.1) is 0 Å². The number of unbranched alkanes of at least 4 members (excludes halogenated alkanes) is 6. The average Bonchev–Trinajstić information content (AvgIpc) is 2.24. The van der Waals surface area contributed by atoms with Crippen molar-refractivity contribution in [1.29, 1.82) is 0 Å². The van der Waals surface area contributed by atoms with Gasteiger partial charge in [0.25, 0.3) is 0 Å². The molecule has 0 amide bonds. The molecule has 0 aromatic rings. The Morgan fingerprint density at radius 2 is 1.47 bits per heavy atom. The minimum absolute atomic E-state index is 0.359. The second-order valence-electron chi connectivity index (χ2n) is 6.09. The van der Waals surface area contributed by atoms with Gasteiger partial charge in [-0.25, -0.2) is 0 Å². The maximum atomic E-state index is 6.12. The minimum Gasteiger partial charge on any atom is -0.327 e. The van der Waals surface area contributed by atoms with Gasteiger partial charge < -0.3 is 5.73 Å². The van der Waals surface area contributed by atoms with E-state index in [1.807, 2.05) is 11.8 Å². The Kier molecular flexibility index (Phi) is 10.4. The summed E-state index contributed by atoms with van der Waals surface area (Å²) in [7, 11) is 0. The largest absolute Gasteiger partial charge is 0.327 e. The van der Waals surface area contributed by atoms with Crippen molar-refractivity contribution in [2.24, 2.45) is 5.73 Å². The van der Waals surface area contributed by atoms with E-state index in [0.717, 1.165) is 5.75 Å². The van der Waals surface area contributed by atoms with E-state index < -0.39 is 0 Å². The summed E-state index contributed by atoms with van der Waals surface area (Å²) in [5.74, 6) is 1.11. The predicted octanol–water partition coefficient (Wildman–Crippen LogP) is 4.99. The summed E-state index contributed by atoms with van der Waals surface area (Å²) in [4.78, 5) is 0. The number of nitrogens with two attached hydrogens (primary N) is 1.